The molecule has 1 aliphatic rings. The van der Waals surface area contributed by atoms with Crippen LogP contribution in [-0.2, 0) is 19.4 Å². The van der Waals surface area contributed by atoms with Gasteiger partial charge in [-0.05, 0) is 24.1 Å². The fourth-order valence-corrected chi connectivity index (χ4v) is 4.63. The Morgan fingerprint density at radius 3 is 2.37 bits per heavy atom. The van der Waals surface area contributed by atoms with Crippen molar-refractivity contribution >= 4 is 27.3 Å². The molecule has 0 N–H and O–H groups in total. The first-order valence-electron chi connectivity index (χ1n) is 8.80. The molecule has 0 spiro atoms. The highest BCUT2D eigenvalue weighted by Crippen LogP contribution is 2.30. The molecule has 2 aromatic rings. The van der Waals surface area contributed by atoms with E-state index < -0.39 is 20.8 Å². The average molecular weight is 408 g/mol. The van der Waals surface area contributed by atoms with E-state index in [1.165, 1.54) is 0 Å². The van der Waals surface area contributed by atoms with Crippen molar-refractivity contribution in [3.05, 3.63) is 59.1 Å². The zero-order valence-corrected chi connectivity index (χ0v) is 16.7. The molecule has 1 heterocycles. The maximum Gasteiger partial charge on any atom is 0.237 e. The third-order valence-electron chi connectivity index (χ3n) is 4.79. The van der Waals surface area contributed by atoms with Crippen LogP contribution >= 0.6 is 11.6 Å². The molecule has 1 saturated heterocycles. The number of morpholine rings is 1. The Kier molecular flexibility index (Phi) is 6.19. The topological polar surface area (TPSA) is 63.7 Å². The summed E-state index contributed by atoms with van der Waals surface area (Å²) >= 11 is 6.22. The zero-order chi connectivity index (χ0) is 19.4. The van der Waals surface area contributed by atoms with Crippen LogP contribution in [0.25, 0.3) is 11.1 Å². The first kappa shape index (κ1) is 19.9. The molecule has 5 nitrogen and oxygen atoms in total. The van der Waals surface area contributed by atoms with Crippen molar-refractivity contribution in [2.75, 3.05) is 32.1 Å². The van der Waals surface area contributed by atoms with Gasteiger partial charge in [-0.2, -0.15) is 0 Å². The Hall–Kier alpha value is -1.89. The molecule has 144 valence electrons. The Morgan fingerprint density at radius 2 is 1.74 bits per heavy atom. The van der Waals surface area contributed by atoms with Crippen LogP contribution in [0, 0.1) is 0 Å². The Bertz CT molecular complexity index is 906. The van der Waals surface area contributed by atoms with Crippen LogP contribution in [0.5, 0.6) is 0 Å². The summed E-state index contributed by atoms with van der Waals surface area (Å²) in [4.78, 5) is 13.9. The van der Waals surface area contributed by atoms with Crippen LogP contribution in [0.1, 0.15) is 17.7 Å². The second-order valence-electron chi connectivity index (χ2n) is 6.54. The molecular weight excluding hydrogens is 386 g/mol. The minimum atomic E-state index is -3.61. The summed E-state index contributed by atoms with van der Waals surface area (Å²) in [6, 6.07) is 14.8. The molecule has 1 unspecified atom stereocenters. The SMILES string of the molecule is CC(c1ccc(-c2ccccc2Cl)cc1)S(=O)(=O)CC(=O)N1CCOCC1. The van der Waals surface area contributed by atoms with E-state index in [2.05, 4.69) is 0 Å². The summed E-state index contributed by atoms with van der Waals surface area (Å²) in [6.07, 6.45) is 0. The van der Waals surface area contributed by atoms with Gasteiger partial charge in [0, 0.05) is 23.7 Å². The third kappa shape index (κ3) is 4.69. The van der Waals surface area contributed by atoms with E-state index in [0.717, 1.165) is 11.1 Å². The largest absolute Gasteiger partial charge is 0.378 e. The number of amides is 1. The van der Waals surface area contributed by atoms with Crippen molar-refractivity contribution in [2.24, 2.45) is 0 Å². The van der Waals surface area contributed by atoms with Gasteiger partial charge in [0.15, 0.2) is 9.84 Å². The van der Waals surface area contributed by atoms with E-state index in [0.29, 0.717) is 36.9 Å². The lowest BCUT2D eigenvalue weighted by atomic mass is 10.0. The van der Waals surface area contributed by atoms with Crippen molar-refractivity contribution in [3.8, 4) is 11.1 Å². The molecule has 1 fully saturated rings. The fraction of sp³-hybridized carbons (Fsp3) is 0.350. The normalized spacial score (nSPS) is 16.1. The van der Waals surface area contributed by atoms with Crippen LogP contribution < -0.4 is 0 Å². The Labute approximate surface area is 164 Å². The van der Waals surface area contributed by atoms with Crippen molar-refractivity contribution < 1.29 is 17.9 Å². The van der Waals surface area contributed by atoms with Crippen LogP contribution in [0.2, 0.25) is 5.02 Å². The van der Waals surface area contributed by atoms with Gasteiger partial charge in [-0.25, -0.2) is 8.42 Å². The number of carbonyl (C=O) groups is 1. The highest BCUT2D eigenvalue weighted by Gasteiger charge is 2.29. The summed E-state index contributed by atoms with van der Waals surface area (Å²) in [7, 11) is -3.61. The number of sulfone groups is 1. The number of ether oxygens (including phenoxy) is 1. The van der Waals surface area contributed by atoms with Crippen LogP contribution in [0.4, 0.5) is 0 Å². The second-order valence-corrected chi connectivity index (χ2v) is 9.27. The van der Waals surface area contributed by atoms with E-state index in [1.807, 2.05) is 36.4 Å². The molecule has 0 bridgehead atoms. The van der Waals surface area contributed by atoms with E-state index >= 15 is 0 Å². The second kappa shape index (κ2) is 8.42. The fourth-order valence-electron chi connectivity index (χ4n) is 3.04. The monoisotopic (exact) mass is 407 g/mol. The number of halogens is 1. The highest BCUT2D eigenvalue weighted by molar-refractivity contribution is 7.92. The summed E-state index contributed by atoms with van der Waals surface area (Å²) in [5.41, 5.74) is 2.46. The van der Waals surface area contributed by atoms with Crippen LogP contribution in [-0.4, -0.2) is 51.3 Å². The molecule has 0 aromatic heterocycles. The number of hydrogen-bond acceptors (Lipinski definition) is 4. The summed E-state index contributed by atoms with van der Waals surface area (Å²) in [5.74, 6) is -0.849. The molecule has 0 saturated carbocycles. The van der Waals surface area contributed by atoms with Gasteiger partial charge < -0.3 is 9.64 Å². The lowest BCUT2D eigenvalue weighted by molar-refractivity contribution is -0.132. The van der Waals surface area contributed by atoms with Gasteiger partial charge in [0.2, 0.25) is 5.91 Å². The maximum atomic E-state index is 12.7. The lowest BCUT2D eigenvalue weighted by Crippen LogP contribution is -2.43. The van der Waals surface area contributed by atoms with Crippen molar-refractivity contribution in [1.29, 1.82) is 0 Å². The van der Waals surface area contributed by atoms with E-state index in [-0.39, 0.29) is 5.91 Å². The van der Waals surface area contributed by atoms with Gasteiger partial charge >= 0.3 is 0 Å². The lowest BCUT2D eigenvalue weighted by Gasteiger charge is -2.27. The molecule has 7 heteroatoms. The van der Waals surface area contributed by atoms with Gasteiger partial charge in [0.1, 0.15) is 5.75 Å². The summed E-state index contributed by atoms with van der Waals surface area (Å²) in [5, 5.41) is -0.121. The smallest absolute Gasteiger partial charge is 0.237 e. The average Bonchev–Trinajstić information content (AvgIpc) is 2.68. The zero-order valence-electron chi connectivity index (χ0n) is 15.1. The van der Waals surface area contributed by atoms with E-state index in [9.17, 15) is 13.2 Å². The van der Waals surface area contributed by atoms with Gasteiger partial charge in [-0.3, -0.25) is 4.79 Å². The predicted molar refractivity (Wildman–Crippen MR) is 106 cm³/mol. The number of hydrogen-bond donors (Lipinski definition) is 0. The standard InChI is InChI=1S/C20H22ClNO4S/c1-15(27(24,25)14-20(23)22-10-12-26-13-11-22)16-6-8-17(9-7-16)18-4-2-3-5-19(18)21/h2-9,15H,10-14H2,1H3. The maximum absolute atomic E-state index is 12.7. The number of benzene rings is 2. The minimum absolute atomic E-state index is 0.363. The van der Waals surface area contributed by atoms with E-state index in [1.54, 1.807) is 24.0 Å². The molecule has 1 aliphatic heterocycles. The quantitative estimate of drug-likeness (QED) is 0.762. The number of rotatable bonds is 5. The first-order chi connectivity index (χ1) is 12.9. The minimum Gasteiger partial charge on any atom is -0.378 e. The van der Waals surface area contributed by atoms with Gasteiger partial charge in [0.25, 0.3) is 0 Å². The summed E-state index contributed by atoms with van der Waals surface area (Å²) < 4.78 is 30.6. The molecule has 1 amide bonds. The van der Waals surface area contributed by atoms with Crippen molar-refractivity contribution in [2.45, 2.75) is 12.2 Å². The van der Waals surface area contributed by atoms with Crippen LogP contribution in [0.15, 0.2) is 48.5 Å². The number of nitrogens with zero attached hydrogens (tertiary/aromatic N) is 1. The molecule has 0 radical (unpaired) electrons. The Morgan fingerprint density at radius 1 is 1.11 bits per heavy atom. The van der Waals surface area contributed by atoms with Gasteiger partial charge in [-0.1, -0.05) is 54.1 Å². The highest BCUT2D eigenvalue weighted by atomic mass is 35.5. The molecule has 2 aromatic carbocycles. The Balaban J connectivity index is 1.73. The van der Waals surface area contributed by atoms with Crippen molar-refractivity contribution in [1.82, 2.24) is 4.90 Å². The first-order valence-corrected chi connectivity index (χ1v) is 10.9. The number of carbonyl (C=O) groups excluding carboxylic acids is 1. The van der Waals surface area contributed by atoms with Gasteiger partial charge in [-0.15, -0.1) is 0 Å². The predicted octanol–water partition coefficient (Wildman–Crippen LogP) is 3.34. The molecule has 1 atom stereocenters. The summed E-state index contributed by atoms with van der Waals surface area (Å²) in [6.45, 7) is 3.40. The van der Waals surface area contributed by atoms with Gasteiger partial charge in [0.05, 0.1) is 18.5 Å². The van der Waals surface area contributed by atoms with E-state index in [4.69, 9.17) is 16.3 Å². The molecule has 27 heavy (non-hydrogen) atoms. The molecule has 0 aliphatic carbocycles. The molecule has 3 rings (SSSR count). The molecular formula is C20H22ClNO4S. The van der Waals surface area contributed by atoms with Crippen LogP contribution in [0.3, 0.4) is 0 Å². The van der Waals surface area contributed by atoms with Crippen molar-refractivity contribution in [3.63, 3.8) is 0 Å². The third-order valence-corrected chi connectivity index (χ3v) is 7.12.